The molecule has 0 aromatic heterocycles. The van der Waals surface area contributed by atoms with Crippen molar-refractivity contribution in [3.63, 3.8) is 0 Å². The summed E-state index contributed by atoms with van der Waals surface area (Å²) in [6, 6.07) is 0. The van der Waals surface area contributed by atoms with Gasteiger partial charge in [0.1, 0.15) is 0 Å². The van der Waals surface area contributed by atoms with Gasteiger partial charge >= 0.3 is 5.97 Å². The highest BCUT2D eigenvalue weighted by Crippen LogP contribution is 2.16. The molecule has 0 heterocycles. The van der Waals surface area contributed by atoms with Gasteiger partial charge in [-0.3, -0.25) is 4.79 Å². The molecule has 150 valence electrons. The maximum absolute atomic E-state index is 10.4. The Labute approximate surface area is 158 Å². The Morgan fingerprint density at radius 2 is 0.960 bits per heavy atom. The number of carboxylic acids is 1. The number of carbonyl (C=O) groups is 1. The molecular weight excluding hydrogens is 308 g/mol. The Hall–Kier alpha value is -0.530. The summed E-state index contributed by atoms with van der Waals surface area (Å²) in [5, 5.41) is 8.57. The van der Waals surface area contributed by atoms with Gasteiger partial charge < -0.3 is 5.11 Å². The first-order chi connectivity index (χ1) is 12.2. The number of aliphatic carboxylic acids is 1. The minimum Gasteiger partial charge on any atom is -0.481 e. The lowest BCUT2D eigenvalue weighted by Crippen LogP contribution is -1.93. The molecule has 2 heteroatoms. The maximum Gasteiger partial charge on any atom is 0.303 e. The van der Waals surface area contributed by atoms with E-state index in [2.05, 4.69) is 13.8 Å². The number of rotatable bonds is 20. The van der Waals surface area contributed by atoms with Gasteiger partial charge in [-0.05, 0) is 12.3 Å². The molecule has 0 aliphatic heterocycles. The van der Waals surface area contributed by atoms with E-state index in [-0.39, 0.29) is 0 Å². The highest BCUT2D eigenvalue weighted by molar-refractivity contribution is 5.66. The fourth-order valence-electron chi connectivity index (χ4n) is 3.45. The summed E-state index contributed by atoms with van der Waals surface area (Å²) in [6.45, 7) is 4.68. The van der Waals surface area contributed by atoms with Crippen LogP contribution in [0, 0.1) is 5.92 Å². The van der Waals surface area contributed by atoms with Crippen molar-refractivity contribution in [3.8, 4) is 0 Å². The van der Waals surface area contributed by atoms with Crippen LogP contribution < -0.4 is 0 Å². The van der Waals surface area contributed by atoms with Crippen LogP contribution in [0.2, 0.25) is 0 Å². The van der Waals surface area contributed by atoms with Gasteiger partial charge in [0.15, 0.2) is 0 Å². The minimum absolute atomic E-state index is 0.345. The zero-order valence-corrected chi connectivity index (χ0v) is 17.4. The second-order valence-electron chi connectivity index (χ2n) is 8.10. The molecule has 0 rings (SSSR count). The minimum atomic E-state index is -0.651. The molecule has 0 bridgehead atoms. The zero-order valence-electron chi connectivity index (χ0n) is 17.4. The molecule has 0 aromatic rings. The Morgan fingerprint density at radius 3 is 1.28 bits per heavy atom. The Kier molecular flexibility index (Phi) is 19.4. The maximum atomic E-state index is 10.4. The average Bonchev–Trinajstić information content (AvgIpc) is 2.60. The van der Waals surface area contributed by atoms with Crippen molar-refractivity contribution in [2.45, 2.75) is 136 Å². The van der Waals surface area contributed by atoms with Crippen molar-refractivity contribution in [2.24, 2.45) is 5.92 Å². The third-order valence-electron chi connectivity index (χ3n) is 5.53. The molecule has 0 aliphatic rings. The summed E-state index contributed by atoms with van der Waals surface area (Å²) in [5.41, 5.74) is 0. The molecule has 2 nitrogen and oxygen atoms in total. The van der Waals surface area contributed by atoms with Crippen LogP contribution in [-0.4, -0.2) is 11.1 Å². The Bertz CT molecular complexity index is 275. The number of hydrogen-bond acceptors (Lipinski definition) is 1. The fourth-order valence-corrected chi connectivity index (χ4v) is 3.45. The van der Waals surface area contributed by atoms with Crippen molar-refractivity contribution in [2.75, 3.05) is 0 Å². The van der Waals surface area contributed by atoms with Crippen LogP contribution in [0.25, 0.3) is 0 Å². The van der Waals surface area contributed by atoms with E-state index in [4.69, 9.17) is 5.11 Å². The first-order valence-corrected chi connectivity index (χ1v) is 11.4. The van der Waals surface area contributed by atoms with Gasteiger partial charge in [0.05, 0.1) is 0 Å². The monoisotopic (exact) mass is 354 g/mol. The summed E-state index contributed by atoms with van der Waals surface area (Å²) < 4.78 is 0. The molecule has 0 amide bonds. The standard InChI is InChI=1S/C23H46O2/c1-3-22(2)20-18-16-14-12-10-8-6-4-5-7-9-11-13-15-17-19-21-23(24)25/h22H,3-21H2,1-2H3,(H,24,25). The van der Waals surface area contributed by atoms with Gasteiger partial charge in [-0.1, -0.05) is 123 Å². The van der Waals surface area contributed by atoms with Gasteiger partial charge in [-0.15, -0.1) is 0 Å². The largest absolute Gasteiger partial charge is 0.481 e. The van der Waals surface area contributed by atoms with Crippen LogP contribution in [0.1, 0.15) is 136 Å². The van der Waals surface area contributed by atoms with E-state index in [9.17, 15) is 4.79 Å². The third-order valence-corrected chi connectivity index (χ3v) is 5.53. The predicted octanol–water partition coefficient (Wildman–Crippen LogP) is 8.14. The molecule has 0 aliphatic carbocycles. The van der Waals surface area contributed by atoms with E-state index in [1.54, 1.807) is 0 Å². The van der Waals surface area contributed by atoms with Crippen LogP contribution in [0.5, 0.6) is 0 Å². The van der Waals surface area contributed by atoms with Gasteiger partial charge in [0.2, 0.25) is 0 Å². The average molecular weight is 355 g/mol. The molecule has 0 saturated carbocycles. The predicted molar refractivity (Wildman–Crippen MR) is 110 cm³/mol. The van der Waals surface area contributed by atoms with Crippen molar-refractivity contribution in [1.82, 2.24) is 0 Å². The first-order valence-electron chi connectivity index (χ1n) is 11.4. The van der Waals surface area contributed by atoms with Crippen LogP contribution >= 0.6 is 0 Å². The van der Waals surface area contributed by atoms with E-state index in [1.165, 1.54) is 103 Å². The molecule has 0 fully saturated rings. The molecule has 0 saturated heterocycles. The molecule has 1 atom stereocenters. The van der Waals surface area contributed by atoms with Gasteiger partial charge in [0.25, 0.3) is 0 Å². The molecule has 1 unspecified atom stereocenters. The summed E-state index contributed by atoms with van der Waals surface area (Å²) in [5.74, 6) is 0.276. The Balaban J connectivity index is 3.02. The number of carboxylic acid groups (broad SMARTS) is 1. The quantitative estimate of drug-likeness (QED) is 0.224. The zero-order chi connectivity index (χ0) is 18.6. The first kappa shape index (κ1) is 24.5. The van der Waals surface area contributed by atoms with Crippen LogP contribution in [0.15, 0.2) is 0 Å². The van der Waals surface area contributed by atoms with E-state index in [0.29, 0.717) is 6.42 Å². The van der Waals surface area contributed by atoms with E-state index < -0.39 is 5.97 Å². The Morgan fingerprint density at radius 1 is 0.640 bits per heavy atom. The molecule has 1 N–H and O–H groups in total. The van der Waals surface area contributed by atoms with E-state index in [0.717, 1.165) is 18.8 Å². The lowest BCUT2D eigenvalue weighted by atomic mass is 9.99. The summed E-state index contributed by atoms with van der Waals surface area (Å²) in [4.78, 5) is 10.4. The van der Waals surface area contributed by atoms with Crippen molar-refractivity contribution in [3.05, 3.63) is 0 Å². The van der Waals surface area contributed by atoms with Crippen LogP contribution in [-0.2, 0) is 4.79 Å². The molecular formula is C23H46O2. The molecule has 25 heavy (non-hydrogen) atoms. The van der Waals surface area contributed by atoms with E-state index >= 15 is 0 Å². The van der Waals surface area contributed by atoms with E-state index in [1.807, 2.05) is 0 Å². The summed E-state index contributed by atoms with van der Waals surface area (Å²) >= 11 is 0. The summed E-state index contributed by atoms with van der Waals surface area (Å²) in [7, 11) is 0. The smallest absolute Gasteiger partial charge is 0.303 e. The number of unbranched alkanes of at least 4 members (excludes halogenated alkanes) is 15. The van der Waals surface area contributed by atoms with Gasteiger partial charge in [0, 0.05) is 6.42 Å². The lowest BCUT2D eigenvalue weighted by molar-refractivity contribution is -0.137. The SMILES string of the molecule is CCC(C)CCCCCCCCCCCCCCCCCCC(=O)O. The van der Waals surface area contributed by atoms with Crippen molar-refractivity contribution in [1.29, 1.82) is 0 Å². The van der Waals surface area contributed by atoms with Gasteiger partial charge in [-0.25, -0.2) is 0 Å². The number of hydrogen-bond donors (Lipinski definition) is 1. The highest BCUT2D eigenvalue weighted by Gasteiger charge is 1.99. The molecule has 0 aromatic carbocycles. The lowest BCUT2D eigenvalue weighted by Gasteiger charge is -2.07. The molecule has 0 spiro atoms. The molecule has 0 radical (unpaired) electrons. The topological polar surface area (TPSA) is 37.3 Å². The van der Waals surface area contributed by atoms with Crippen LogP contribution in [0.3, 0.4) is 0 Å². The van der Waals surface area contributed by atoms with Crippen LogP contribution in [0.4, 0.5) is 0 Å². The summed E-state index contributed by atoms with van der Waals surface area (Å²) in [6.07, 6.45) is 24.6. The third kappa shape index (κ3) is 21.4. The van der Waals surface area contributed by atoms with Gasteiger partial charge in [-0.2, -0.15) is 0 Å². The second kappa shape index (κ2) is 19.8. The van der Waals surface area contributed by atoms with Crippen molar-refractivity contribution < 1.29 is 9.90 Å². The highest BCUT2D eigenvalue weighted by atomic mass is 16.4. The fraction of sp³-hybridized carbons (Fsp3) is 0.957. The second-order valence-corrected chi connectivity index (χ2v) is 8.10. The van der Waals surface area contributed by atoms with Crippen molar-refractivity contribution >= 4 is 5.97 Å². The normalized spacial score (nSPS) is 12.4.